The van der Waals surface area contributed by atoms with Crippen LogP contribution in [0.5, 0.6) is 0 Å². The van der Waals surface area contributed by atoms with E-state index < -0.39 is 0 Å². The van der Waals surface area contributed by atoms with Gasteiger partial charge in [0.05, 0.1) is 0 Å². The van der Waals surface area contributed by atoms with Crippen molar-refractivity contribution in [2.45, 2.75) is 25.4 Å². The Morgan fingerprint density at radius 1 is 1.26 bits per heavy atom. The molecule has 0 radical (unpaired) electrons. The standard InChI is InChI=1S/C18H21FN6O2/c19-11-1-3-12(4-2-11)21-18(27)22-13-6-8-25(10-13)17(26)16-14-9-20-7-5-15(14)23-24-16/h1-4,13,20H,5-10H2,(H,23,24)(H2,21,22,27). The second-order valence-electron chi connectivity index (χ2n) is 6.80. The minimum atomic E-state index is -0.373. The van der Waals surface area contributed by atoms with Crippen LogP contribution in [-0.2, 0) is 13.0 Å². The summed E-state index contributed by atoms with van der Waals surface area (Å²) in [6.07, 6.45) is 1.51. The Labute approximate surface area is 155 Å². The number of carbonyl (C=O) groups excluding carboxylic acids is 2. The third-order valence-electron chi connectivity index (χ3n) is 4.92. The summed E-state index contributed by atoms with van der Waals surface area (Å²) in [4.78, 5) is 26.6. The molecule has 8 nitrogen and oxygen atoms in total. The number of benzene rings is 1. The maximum atomic E-state index is 12.9. The lowest BCUT2D eigenvalue weighted by Gasteiger charge is -2.18. The van der Waals surface area contributed by atoms with E-state index in [0.29, 0.717) is 37.4 Å². The molecule has 0 saturated carbocycles. The first-order valence-corrected chi connectivity index (χ1v) is 8.99. The molecule has 1 saturated heterocycles. The first kappa shape index (κ1) is 17.5. The van der Waals surface area contributed by atoms with Gasteiger partial charge in [-0.15, -0.1) is 0 Å². The number of carbonyl (C=O) groups is 2. The predicted octanol–water partition coefficient (Wildman–Crippen LogP) is 1.23. The summed E-state index contributed by atoms with van der Waals surface area (Å²) in [5.74, 6) is -0.471. The molecule has 142 valence electrons. The lowest BCUT2D eigenvalue weighted by molar-refractivity contribution is 0.0782. The number of hydrogen-bond acceptors (Lipinski definition) is 4. The number of hydrogen-bond donors (Lipinski definition) is 4. The lowest BCUT2D eigenvalue weighted by Crippen LogP contribution is -2.40. The number of halogens is 1. The zero-order valence-corrected chi connectivity index (χ0v) is 14.7. The van der Waals surface area contributed by atoms with Crippen LogP contribution in [0, 0.1) is 5.82 Å². The van der Waals surface area contributed by atoms with E-state index in [1.54, 1.807) is 4.90 Å². The SMILES string of the molecule is O=C(Nc1ccc(F)cc1)NC1CCN(C(=O)c2n[nH]c3c2CNCC3)C1. The maximum absolute atomic E-state index is 12.9. The average molecular weight is 372 g/mol. The van der Waals surface area contributed by atoms with E-state index in [0.717, 1.165) is 24.2 Å². The number of aromatic amines is 1. The molecular formula is C18H21FN6O2. The molecular weight excluding hydrogens is 351 g/mol. The van der Waals surface area contributed by atoms with E-state index in [9.17, 15) is 14.0 Å². The summed E-state index contributed by atoms with van der Waals surface area (Å²) in [6.45, 7) is 2.52. The predicted molar refractivity (Wildman–Crippen MR) is 96.9 cm³/mol. The molecule has 27 heavy (non-hydrogen) atoms. The van der Waals surface area contributed by atoms with E-state index in [2.05, 4.69) is 26.1 Å². The van der Waals surface area contributed by atoms with E-state index in [1.165, 1.54) is 24.3 Å². The number of aromatic nitrogens is 2. The van der Waals surface area contributed by atoms with Gasteiger partial charge in [0.15, 0.2) is 5.69 Å². The fourth-order valence-electron chi connectivity index (χ4n) is 3.50. The van der Waals surface area contributed by atoms with Gasteiger partial charge in [-0.1, -0.05) is 0 Å². The van der Waals surface area contributed by atoms with Crippen LogP contribution >= 0.6 is 0 Å². The Bertz CT molecular complexity index is 850. The topological polar surface area (TPSA) is 102 Å². The summed E-state index contributed by atoms with van der Waals surface area (Å²) in [6, 6.07) is 5.04. The highest BCUT2D eigenvalue weighted by Gasteiger charge is 2.31. The van der Waals surface area contributed by atoms with E-state index >= 15 is 0 Å². The van der Waals surface area contributed by atoms with Crippen molar-refractivity contribution in [2.75, 3.05) is 25.0 Å². The molecule has 1 aromatic heterocycles. The third-order valence-corrected chi connectivity index (χ3v) is 4.92. The van der Waals surface area contributed by atoms with E-state index in [1.807, 2.05) is 0 Å². The highest BCUT2D eigenvalue weighted by Crippen LogP contribution is 2.19. The zero-order chi connectivity index (χ0) is 18.8. The molecule has 0 bridgehead atoms. The van der Waals surface area contributed by atoms with Crippen LogP contribution in [0.4, 0.5) is 14.9 Å². The van der Waals surface area contributed by atoms with Gasteiger partial charge in [0, 0.05) is 55.6 Å². The largest absolute Gasteiger partial charge is 0.335 e. The smallest absolute Gasteiger partial charge is 0.319 e. The quantitative estimate of drug-likeness (QED) is 0.651. The molecule has 0 spiro atoms. The van der Waals surface area contributed by atoms with Crippen LogP contribution in [0.3, 0.4) is 0 Å². The zero-order valence-electron chi connectivity index (χ0n) is 14.7. The van der Waals surface area contributed by atoms with Gasteiger partial charge in [0.25, 0.3) is 5.91 Å². The van der Waals surface area contributed by atoms with Crippen molar-refractivity contribution in [1.82, 2.24) is 25.7 Å². The Kier molecular flexibility index (Phi) is 4.76. The Balaban J connectivity index is 1.33. The minimum absolute atomic E-state index is 0.112. The first-order valence-electron chi connectivity index (χ1n) is 8.99. The number of likely N-dealkylation sites (tertiary alicyclic amines) is 1. The normalized spacial score (nSPS) is 18.9. The van der Waals surface area contributed by atoms with Gasteiger partial charge in [-0.2, -0.15) is 5.10 Å². The number of amides is 3. The minimum Gasteiger partial charge on any atom is -0.335 e. The highest BCUT2D eigenvalue weighted by atomic mass is 19.1. The number of anilines is 1. The molecule has 1 aromatic carbocycles. The Morgan fingerprint density at radius 2 is 2.07 bits per heavy atom. The number of urea groups is 1. The van der Waals surface area contributed by atoms with Crippen LogP contribution in [0.25, 0.3) is 0 Å². The fourth-order valence-corrected chi connectivity index (χ4v) is 3.50. The van der Waals surface area contributed by atoms with Crippen LogP contribution < -0.4 is 16.0 Å². The fraction of sp³-hybridized carbons (Fsp3) is 0.389. The van der Waals surface area contributed by atoms with Crippen molar-refractivity contribution in [3.8, 4) is 0 Å². The number of rotatable bonds is 3. The van der Waals surface area contributed by atoms with Gasteiger partial charge >= 0.3 is 6.03 Å². The molecule has 1 atom stereocenters. The van der Waals surface area contributed by atoms with E-state index in [4.69, 9.17) is 0 Å². The molecule has 9 heteroatoms. The van der Waals surface area contributed by atoms with Crippen LogP contribution in [-0.4, -0.2) is 52.7 Å². The molecule has 4 rings (SSSR count). The van der Waals surface area contributed by atoms with Gasteiger partial charge in [0.1, 0.15) is 5.82 Å². The average Bonchev–Trinajstić information content (AvgIpc) is 3.30. The first-order chi connectivity index (χ1) is 13.1. The van der Waals surface area contributed by atoms with Crippen molar-refractivity contribution in [1.29, 1.82) is 0 Å². The molecule has 1 fully saturated rings. The summed E-state index contributed by atoms with van der Waals surface area (Å²) in [5.41, 5.74) is 2.94. The summed E-state index contributed by atoms with van der Waals surface area (Å²) >= 11 is 0. The van der Waals surface area contributed by atoms with Crippen LogP contribution in [0.2, 0.25) is 0 Å². The van der Waals surface area contributed by atoms with Gasteiger partial charge in [-0.05, 0) is 30.7 Å². The lowest BCUT2D eigenvalue weighted by atomic mass is 10.1. The number of fused-ring (bicyclic) bond motifs is 1. The van der Waals surface area contributed by atoms with Crippen molar-refractivity contribution in [3.63, 3.8) is 0 Å². The van der Waals surface area contributed by atoms with Gasteiger partial charge in [-0.25, -0.2) is 9.18 Å². The van der Waals surface area contributed by atoms with Gasteiger partial charge in [0.2, 0.25) is 0 Å². The molecule has 4 N–H and O–H groups in total. The molecule has 1 unspecified atom stereocenters. The second-order valence-corrected chi connectivity index (χ2v) is 6.80. The molecule has 2 aromatic rings. The van der Waals surface area contributed by atoms with E-state index in [-0.39, 0.29) is 23.8 Å². The maximum Gasteiger partial charge on any atom is 0.319 e. The number of nitrogens with zero attached hydrogens (tertiary/aromatic N) is 2. The molecule has 2 aliphatic rings. The van der Waals surface area contributed by atoms with Crippen molar-refractivity contribution < 1.29 is 14.0 Å². The van der Waals surface area contributed by atoms with Crippen molar-refractivity contribution >= 4 is 17.6 Å². The Hall–Kier alpha value is -2.94. The Morgan fingerprint density at radius 3 is 2.89 bits per heavy atom. The third kappa shape index (κ3) is 3.77. The van der Waals surface area contributed by atoms with Crippen molar-refractivity contribution in [2.24, 2.45) is 0 Å². The van der Waals surface area contributed by atoms with Crippen molar-refractivity contribution in [3.05, 3.63) is 47.0 Å². The summed E-state index contributed by atoms with van der Waals surface area (Å²) in [7, 11) is 0. The van der Waals surface area contributed by atoms with Gasteiger partial charge in [-0.3, -0.25) is 9.89 Å². The monoisotopic (exact) mass is 372 g/mol. The highest BCUT2D eigenvalue weighted by molar-refractivity contribution is 5.94. The molecule has 3 amide bonds. The molecule has 2 aliphatic heterocycles. The number of nitrogens with one attached hydrogen (secondary N) is 4. The molecule has 3 heterocycles. The second kappa shape index (κ2) is 7.36. The van der Waals surface area contributed by atoms with Crippen LogP contribution in [0.1, 0.15) is 28.2 Å². The van der Waals surface area contributed by atoms with Crippen LogP contribution in [0.15, 0.2) is 24.3 Å². The molecule has 0 aliphatic carbocycles. The summed E-state index contributed by atoms with van der Waals surface area (Å²) < 4.78 is 12.9. The number of H-pyrrole nitrogens is 1. The summed E-state index contributed by atoms with van der Waals surface area (Å²) in [5, 5.41) is 15.9. The van der Waals surface area contributed by atoms with Gasteiger partial charge < -0.3 is 20.9 Å².